The van der Waals surface area contributed by atoms with E-state index in [1.54, 1.807) is 0 Å². The Bertz CT molecular complexity index is 623. The average Bonchev–Trinajstić information content (AvgIpc) is 3.36. The van der Waals surface area contributed by atoms with Crippen molar-refractivity contribution in [3.05, 3.63) is 11.6 Å². The summed E-state index contributed by atoms with van der Waals surface area (Å²) in [4.78, 5) is 13.1. The molecule has 0 unspecified atom stereocenters. The van der Waals surface area contributed by atoms with Gasteiger partial charge in [-0.3, -0.25) is 4.79 Å². The summed E-state index contributed by atoms with van der Waals surface area (Å²) < 4.78 is 11.8. The first-order chi connectivity index (χ1) is 11.0. The van der Waals surface area contributed by atoms with Gasteiger partial charge in [0.1, 0.15) is 11.7 Å². The number of hydrogen-bond acceptors (Lipinski definition) is 4. The fourth-order valence-electron chi connectivity index (χ4n) is 5.07. The van der Waals surface area contributed by atoms with Gasteiger partial charge in [0, 0.05) is 11.0 Å². The number of ketones is 1. The van der Waals surface area contributed by atoms with Crippen LogP contribution in [-0.2, 0) is 14.3 Å². The van der Waals surface area contributed by atoms with Crippen LogP contribution < -0.4 is 0 Å². The maximum Gasteiger partial charge on any atom is 0.193 e. The van der Waals surface area contributed by atoms with Crippen molar-refractivity contribution in [3.8, 4) is 0 Å². The van der Waals surface area contributed by atoms with Gasteiger partial charge in [-0.1, -0.05) is 19.9 Å². The van der Waals surface area contributed by atoms with Gasteiger partial charge in [0.25, 0.3) is 0 Å². The standard InChI is InChI=1S/C20H30O4/c1-12-6-7-13-15(21)16-19(4,24-16)9-8-14-18(3,23-14)11-10-17(12,2)20(13,5)22/h7,12,14,16,22H,6,8-11H2,1-5H3/t12-,14-,16-,17+,18+,19-,20-/m1/s1. The SMILES string of the molecule is C[C@@H]1CC=C2C(=O)[C@H]3O[C@]3(C)CC[C@H]3O[C@@]3(C)CC[C@]1(C)[C@]2(C)O. The van der Waals surface area contributed by atoms with Crippen molar-refractivity contribution in [2.75, 3.05) is 0 Å². The van der Waals surface area contributed by atoms with Crippen LogP contribution in [0.4, 0.5) is 0 Å². The molecule has 2 aliphatic heterocycles. The number of fused-ring (bicyclic) bond motifs is 4. The number of ether oxygens (including phenoxy) is 2. The van der Waals surface area contributed by atoms with E-state index in [4.69, 9.17) is 9.47 Å². The molecule has 0 radical (unpaired) electrons. The Morgan fingerprint density at radius 2 is 1.79 bits per heavy atom. The molecular weight excluding hydrogens is 304 g/mol. The average molecular weight is 334 g/mol. The normalized spacial score (nSPS) is 57.0. The van der Waals surface area contributed by atoms with Crippen molar-refractivity contribution in [1.82, 2.24) is 0 Å². The molecule has 2 saturated heterocycles. The molecule has 1 N–H and O–H groups in total. The summed E-state index contributed by atoms with van der Waals surface area (Å²) in [5.74, 6) is 0.306. The maximum atomic E-state index is 13.1. The maximum absolute atomic E-state index is 13.1. The molecule has 0 aromatic heterocycles. The first kappa shape index (κ1) is 16.7. The number of hydrogen-bond donors (Lipinski definition) is 1. The van der Waals surface area contributed by atoms with Crippen molar-refractivity contribution in [2.45, 2.75) is 95.7 Å². The molecule has 0 spiro atoms. The highest BCUT2D eigenvalue weighted by Crippen LogP contribution is 2.57. The Labute approximate surface area is 144 Å². The van der Waals surface area contributed by atoms with Gasteiger partial charge >= 0.3 is 0 Å². The second-order valence-corrected chi connectivity index (χ2v) is 9.38. The third-order valence-electron chi connectivity index (χ3n) is 7.87. The van der Waals surface area contributed by atoms with Crippen LogP contribution in [0.1, 0.15) is 66.7 Å². The van der Waals surface area contributed by atoms with Gasteiger partial charge in [-0.15, -0.1) is 0 Å². The Hall–Kier alpha value is -0.710. The second-order valence-electron chi connectivity index (χ2n) is 9.38. The Morgan fingerprint density at radius 1 is 1.08 bits per heavy atom. The smallest absolute Gasteiger partial charge is 0.193 e. The first-order valence-electron chi connectivity index (χ1n) is 9.36. The lowest BCUT2D eigenvalue weighted by Crippen LogP contribution is -2.54. The van der Waals surface area contributed by atoms with Crippen LogP contribution in [0.5, 0.6) is 0 Å². The molecule has 134 valence electrons. The zero-order chi connectivity index (χ0) is 17.5. The highest BCUT2D eigenvalue weighted by atomic mass is 16.6. The van der Waals surface area contributed by atoms with Crippen LogP contribution in [-0.4, -0.2) is 39.9 Å². The lowest BCUT2D eigenvalue weighted by atomic mass is 9.56. The number of allylic oxidation sites excluding steroid dienone is 1. The third kappa shape index (κ3) is 2.12. The highest BCUT2D eigenvalue weighted by molar-refractivity contribution is 6.03. The number of carbonyl (C=O) groups excluding carboxylic acids is 1. The molecule has 0 aromatic rings. The van der Waals surface area contributed by atoms with E-state index in [1.807, 2.05) is 19.9 Å². The number of Topliss-reactive ketones (excluding diaryl/α,β-unsaturated/α-hetero) is 1. The molecule has 2 bridgehead atoms. The monoisotopic (exact) mass is 334 g/mol. The van der Waals surface area contributed by atoms with Crippen LogP contribution >= 0.6 is 0 Å². The Kier molecular flexibility index (Phi) is 3.29. The minimum atomic E-state index is -1.13. The van der Waals surface area contributed by atoms with Gasteiger partial charge < -0.3 is 14.6 Å². The van der Waals surface area contributed by atoms with Crippen molar-refractivity contribution >= 4 is 5.78 Å². The van der Waals surface area contributed by atoms with Crippen LogP contribution in [0.2, 0.25) is 0 Å². The third-order valence-corrected chi connectivity index (χ3v) is 7.87. The lowest BCUT2D eigenvalue weighted by Gasteiger charge is -2.51. The molecule has 24 heavy (non-hydrogen) atoms. The zero-order valence-corrected chi connectivity index (χ0v) is 15.5. The second kappa shape index (κ2) is 4.72. The van der Waals surface area contributed by atoms with Gasteiger partial charge in [-0.25, -0.2) is 0 Å². The fraction of sp³-hybridized carbons (Fsp3) is 0.850. The van der Waals surface area contributed by atoms with E-state index in [0.717, 1.165) is 32.1 Å². The van der Waals surface area contributed by atoms with Gasteiger partial charge in [-0.2, -0.15) is 0 Å². The number of rotatable bonds is 0. The molecule has 2 aliphatic carbocycles. The van der Waals surface area contributed by atoms with Crippen molar-refractivity contribution in [2.24, 2.45) is 11.3 Å². The fourth-order valence-corrected chi connectivity index (χ4v) is 5.07. The van der Waals surface area contributed by atoms with E-state index in [1.165, 1.54) is 0 Å². The Morgan fingerprint density at radius 3 is 2.50 bits per heavy atom. The van der Waals surface area contributed by atoms with Gasteiger partial charge in [-0.05, 0) is 58.8 Å². The van der Waals surface area contributed by atoms with E-state index in [2.05, 4.69) is 20.8 Å². The van der Waals surface area contributed by atoms with E-state index >= 15 is 0 Å². The van der Waals surface area contributed by atoms with Crippen molar-refractivity contribution in [3.63, 3.8) is 0 Å². The predicted octanol–water partition coefficient (Wildman–Crippen LogP) is 3.17. The summed E-state index contributed by atoms with van der Waals surface area (Å²) in [6.07, 6.45) is 6.22. The molecule has 2 heterocycles. The minimum absolute atomic E-state index is 0.0133. The van der Waals surface area contributed by atoms with Gasteiger partial charge in [0.2, 0.25) is 0 Å². The summed E-state index contributed by atoms with van der Waals surface area (Å²) >= 11 is 0. The van der Waals surface area contributed by atoms with Crippen LogP contribution in [0.25, 0.3) is 0 Å². The van der Waals surface area contributed by atoms with E-state index in [-0.39, 0.29) is 28.5 Å². The molecular formula is C20H30O4. The minimum Gasteiger partial charge on any atom is -0.385 e. The number of carbonyl (C=O) groups is 1. The molecule has 0 aromatic carbocycles. The molecule has 4 heteroatoms. The van der Waals surface area contributed by atoms with Crippen molar-refractivity contribution < 1.29 is 19.4 Å². The molecule has 3 fully saturated rings. The Balaban J connectivity index is 1.74. The summed E-state index contributed by atoms with van der Waals surface area (Å²) in [6.45, 7) is 10.3. The van der Waals surface area contributed by atoms with Gasteiger partial charge in [0.15, 0.2) is 5.78 Å². The molecule has 7 atom stereocenters. The van der Waals surface area contributed by atoms with E-state index in [9.17, 15) is 9.90 Å². The van der Waals surface area contributed by atoms with Crippen molar-refractivity contribution in [1.29, 1.82) is 0 Å². The first-order valence-corrected chi connectivity index (χ1v) is 9.36. The van der Waals surface area contributed by atoms with E-state index < -0.39 is 11.7 Å². The predicted molar refractivity (Wildman–Crippen MR) is 90.6 cm³/mol. The van der Waals surface area contributed by atoms with Crippen LogP contribution in [0.15, 0.2) is 11.6 Å². The quantitative estimate of drug-likeness (QED) is 0.691. The van der Waals surface area contributed by atoms with Gasteiger partial charge in [0.05, 0.1) is 17.3 Å². The summed E-state index contributed by atoms with van der Waals surface area (Å²) in [5, 5.41) is 11.5. The topological polar surface area (TPSA) is 62.4 Å². The highest BCUT2D eigenvalue weighted by Gasteiger charge is 2.64. The summed E-state index contributed by atoms with van der Waals surface area (Å²) in [6, 6.07) is 0. The molecule has 1 saturated carbocycles. The molecule has 4 aliphatic rings. The van der Waals surface area contributed by atoms with Crippen LogP contribution in [0.3, 0.4) is 0 Å². The zero-order valence-electron chi connectivity index (χ0n) is 15.5. The van der Waals surface area contributed by atoms with Crippen LogP contribution in [0, 0.1) is 11.3 Å². The number of epoxide rings is 2. The lowest BCUT2D eigenvalue weighted by molar-refractivity contribution is -0.125. The molecule has 4 rings (SSSR count). The number of aliphatic hydroxyl groups is 1. The van der Waals surface area contributed by atoms with E-state index in [0.29, 0.717) is 11.5 Å². The largest absolute Gasteiger partial charge is 0.385 e. The summed E-state index contributed by atoms with van der Waals surface area (Å²) in [5.41, 5.74) is -1.37. The molecule has 4 nitrogen and oxygen atoms in total. The summed E-state index contributed by atoms with van der Waals surface area (Å²) in [7, 11) is 0. The molecule has 0 amide bonds.